The number of carbonyl (C=O) groups is 1. The first-order valence-electron chi connectivity index (χ1n) is 12.9. The molecule has 13 nitrogen and oxygen atoms in total. The van der Waals surface area contributed by atoms with Crippen LogP contribution in [0.25, 0.3) is 5.69 Å². The first-order chi connectivity index (χ1) is 20.1. The first-order valence-corrected chi connectivity index (χ1v) is 12.9. The van der Waals surface area contributed by atoms with Crippen molar-refractivity contribution < 1.29 is 28.5 Å². The zero-order chi connectivity index (χ0) is 27.9. The number of aromatic nitrogens is 4. The van der Waals surface area contributed by atoms with Crippen molar-refractivity contribution in [3.05, 3.63) is 76.6 Å². The van der Waals surface area contributed by atoms with Gasteiger partial charge in [0.25, 0.3) is 5.91 Å². The van der Waals surface area contributed by atoms with Gasteiger partial charge in [0, 0.05) is 17.7 Å². The highest BCUT2D eigenvalue weighted by atomic mass is 16.7. The molecule has 1 N–H and O–H groups in total. The Morgan fingerprint density at radius 1 is 1.05 bits per heavy atom. The molecule has 4 heterocycles. The Morgan fingerprint density at radius 3 is 2.71 bits per heavy atom. The largest absolute Gasteiger partial charge is 0.492 e. The van der Waals surface area contributed by atoms with E-state index in [1.54, 1.807) is 54.4 Å². The number of amides is 1. The lowest BCUT2D eigenvalue weighted by Gasteiger charge is -2.34. The maximum absolute atomic E-state index is 12.7. The van der Waals surface area contributed by atoms with Gasteiger partial charge in [-0.25, -0.2) is 5.43 Å². The lowest BCUT2D eigenvalue weighted by molar-refractivity contribution is 0.0955. The Bertz CT molecular complexity index is 1670. The summed E-state index contributed by atoms with van der Waals surface area (Å²) in [6.07, 6.45) is 2.36. The van der Waals surface area contributed by atoms with Crippen LogP contribution >= 0.6 is 0 Å². The summed E-state index contributed by atoms with van der Waals surface area (Å²) >= 11 is 0. The lowest BCUT2D eigenvalue weighted by Crippen LogP contribution is -2.35. The number of hydrogen-bond acceptors (Lipinski definition) is 11. The topological polar surface area (TPSA) is 134 Å². The molecule has 0 aliphatic carbocycles. The Labute approximate surface area is 234 Å². The molecule has 1 aromatic heterocycles. The zero-order valence-corrected chi connectivity index (χ0v) is 22.2. The van der Waals surface area contributed by atoms with Crippen LogP contribution in [0.3, 0.4) is 0 Å². The van der Waals surface area contributed by atoms with E-state index in [4.69, 9.17) is 23.7 Å². The third-order valence-corrected chi connectivity index (χ3v) is 7.28. The molecule has 7 rings (SSSR count). The average molecular weight is 556 g/mol. The van der Waals surface area contributed by atoms with E-state index in [9.17, 15) is 4.79 Å². The molecule has 41 heavy (non-hydrogen) atoms. The second-order valence-corrected chi connectivity index (χ2v) is 9.66. The van der Waals surface area contributed by atoms with Gasteiger partial charge in [0.05, 0.1) is 19.0 Å². The van der Waals surface area contributed by atoms with Crippen molar-refractivity contribution in [2.24, 2.45) is 5.10 Å². The Kier molecular flexibility index (Phi) is 6.12. The van der Waals surface area contributed by atoms with E-state index < -0.39 is 0 Å². The summed E-state index contributed by atoms with van der Waals surface area (Å²) in [5, 5.41) is 16.7. The highest BCUT2D eigenvalue weighted by Gasteiger charge is 2.37. The number of tetrazole rings is 1. The van der Waals surface area contributed by atoms with Crippen molar-refractivity contribution >= 4 is 12.1 Å². The second kappa shape index (κ2) is 10.1. The van der Waals surface area contributed by atoms with Crippen LogP contribution in [-0.4, -0.2) is 71.5 Å². The molecule has 0 bridgehead atoms. The van der Waals surface area contributed by atoms with Gasteiger partial charge >= 0.3 is 0 Å². The summed E-state index contributed by atoms with van der Waals surface area (Å²) in [6, 6.07) is 14.1. The van der Waals surface area contributed by atoms with Gasteiger partial charge in [-0.1, -0.05) is 0 Å². The van der Waals surface area contributed by atoms with E-state index >= 15 is 0 Å². The smallest absolute Gasteiger partial charge is 0.271 e. The van der Waals surface area contributed by atoms with Crippen LogP contribution < -0.4 is 29.1 Å². The molecule has 0 radical (unpaired) electrons. The van der Waals surface area contributed by atoms with Crippen molar-refractivity contribution in [1.82, 2.24) is 30.5 Å². The molecule has 1 atom stereocenters. The SMILES string of the molecule is COc1c2c(cc3c1[C@H](c1nnnn1-c1ccc(C(=O)N/N=C\c4ccc5c(c4)OCO5)cc1)N(C)CC3)OCO2. The van der Waals surface area contributed by atoms with E-state index in [-0.39, 0.29) is 25.5 Å². The maximum atomic E-state index is 12.7. The fraction of sp³-hybridized carbons (Fsp3) is 0.250. The van der Waals surface area contributed by atoms with Gasteiger partial charge < -0.3 is 23.7 Å². The number of fused-ring (bicyclic) bond motifs is 3. The fourth-order valence-electron chi connectivity index (χ4n) is 5.28. The van der Waals surface area contributed by atoms with E-state index in [1.165, 1.54) is 0 Å². The zero-order valence-electron chi connectivity index (χ0n) is 22.2. The Morgan fingerprint density at radius 2 is 1.85 bits per heavy atom. The van der Waals surface area contributed by atoms with Crippen molar-refractivity contribution in [2.45, 2.75) is 12.5 Å². The molecule has 3 aliphatic rings. The number of ether oxygens (including phenoxy) is 5. The molecule has 0 saturated carbocycles. The molecule has 0 fully saturated rings. The number of hydrazone groups is 1. The quantitative estimate of drug-likeness (QED) is 0.279. The van der Waals surface area contributed by atoms with Crippen LogP contribution in [0.15, 0.2) is 53.6 Å². The predicted octanol–water partition coefficient (Wildman–Crippen LogP) is 2.47. The Hall–Kier alpha value is -5.17. The fourth-order valence-corrected chi connectivity index (χ4v) is 5.28. The highest BCUT2D eigenvalue weighted by molar-refractivity contribution is 5.95. The minimum atomic E-state index is -0.354. The molecule has 208 valence electrons. The molecule has 3 aliphatic heterocycles. The summed E-state index contributed by atoms with van der Waals surface area (Å²) < 4.78 is 29.5. The number of nitrogens with one attached hydrogen (secondary N) is 1. The van der Waals surface area contributed by atoms with Crippen LogP contribution in [0.2, 0.25) is 0 Å². The summed E-state index contributed by atoms with van der Waals surface area (Å²) in [5.74, 6) is 3.46. The number of carbonyl (C=O) groups excluding carboxylic acids is 1. The van der Waals surface area contributed by atoms with Gasteiger partial charge in [-0.2, -0.15) is 9.78 Å². The molecule has 0 spiro atoms. The predicted molar refractivity (Wildman–Crippen MR) is 144 cm³/mol. The van der Waals surface area contributed by atoms with Gasteiger partial charge in [0.15, 0.2) is 28.8 Å². The van der Waals surface area contributed by atoms with Gasteiger partial charge in [0.1, 0.15) is 6.04 Å². The van der Waals surface area contributed by atoms with Crippen molar-refractivity contribution in [3.8, 4) is 34.4 Å². The molecule has 0 saturated heterocycles. The standard InChI is InChI=1S/C28H25N7O6/c1-34-10-9-18-12-22-25(41-15-40-22)26(37-2)23(18)24(34)27-30-32-33-35(27)19-6-4-17(5-7-19)28(36)31-29-13-16-3-8-20-21(11-16)39-14-38-20/h3-8,11-13,24H,9-10,14-15H2,1-2H3,(H,31,36)/b29-13-/t24-/m1/s1. The summed E-state index contributed by atoms with van der Waals surface area (Å²) in [6.45, 7) is 1.13. The third kappa shape index (κ3) is 4.36. The van der Waals surface area contributed by atoms with Crippen molar-refractivity contribution in [1.29, 1.82) is 0 Å². The van der Waals surface area contributed by atoms with Gasteiger partial charge in [-0.3, -0.25) is 9.69 Å². The minimum Gasteiger partial charge on any atom is -0.492 e. The minimum absolute atomic E-state index is 0.149. The third-order valence-electron chi connectivity index (χ3n) is 7.28. The Balaban J connectivity index is 1.12. The maximum Gasteiger partial charge on any atom is 0.271 e. The van der Waals surface area contributed by atoms with Crippen LogP contribution in [0.5, 0.6) is 28.7 Å². The van der Waals surface area contributed by atoms with Crippen LogP contribution in [0, 0.1) is 0 Å². The molecule has 0 unspecified atom stereocenters. The molecule has 3 aromatic carbocycles. The van der Waals surface area contributed by atoms with Crippen LogP contribution in [0.4, 0.5) is 0 Å². The van der Waals surface area contributed by atoms with E-state index in [0.717, 1.165) is 29.7 Å². The number of nitrogens with zero attached hydrogens (tertiary/aromatic N) is 6. The number of methoxy groups -OCH3 is 1. The van der Waals surface area contributed by atoms with Crippen LogP contribution in [0.1, 0.15) is 38.9 Å². The van der Waals surface area contributed by atoms with E-state index in [0.29, 0.717) is 45.8 Å². The van der Waals surface area contributed by atoms with Gasteiger partial charge in [-0.05, 0) is 83.6 Å². The molecule has 4 aromatic rings. The number of likely N-dealkylation sites (N-methyl/N-ethyl adjacent to an activating group) is 1. The van der Waals surface area contributed by atoms with Crippen molar-refractivity contribution in [2.75, 3.05) is 34.3 Å². The van der Waals surface area contributed by atoms with Crippen molar-refractivity contribution in [3.63, 3.8) is 0 Å². The first kappa shape index (κ1) is 24.8. The number of benzene rings is 3. The summed E-state index contributed by atoms with van der Waals surface area (Å²) in [4.78, 5) is 14.9. The summed E-state index contributed by atoms with van der Waals surface area (Å²) in [7, 11) is 3.64. The van der Waals surface area contributed by atoms with Gasteiger partial charge in [0.2, 0.25) is 19.3 Å². The van der Waals surface area contributed by atoms with E-state index in [2.05, 4.69) is 31.0 Å². The number of rotatable bonds is 6. The lowest BCUT2D eigenvalue weighted by atomic mass is 9.90. The average Bonchev–Trinajstić information content (AvgIpc) is 3.77. The van der Waals surface area contributed by atoms with Gasteiger partial charge in [-0.15, -0.1) is 5.10 Å². The van der Waals surface area contributed by atoms with Crippen LogP contribution in [-0.2, 0) is 6.42 Å². The van der Waals surface area contributed by atoms with E-state index in [1.807, 2.05) is 19.2 Å². The second-order valence-electron chi connectivity index (χ2n) is 9.66. The molecular weight excluding hydrogens is 530 g/mol. The normalized spacial score (nSPS) is 17.1. The monoisotopic (exact) mass is 555 g/mol. The molecular formula is C28H25N7O6. The number of hydrogen-bond donors (Lipinski definition) is 1. The summed E-state index contributed by atoms with van der Waals surface area (Å²) in [5.41, 5.74) is 6.49. The molecule has 1 amide bonds. The molecule has 13 heteroatoms. The highest BCUT2D eigenvalue weighted by Crippen LogP contribution is 2.50.